The Balaban J connectivity index is 1.07. The average Bonchev–Trinajstić information content (AvgIpc) is 3.18. The summed E-state index contributed by atoms with van der Waals surface area (Å²) in [4.78, 5) is 24.3. The molecule has 8 heteroatoms. The first-order valence-electron chi connectivity index (χ1n) is 11.8. The maximum atomic E-state index is 13.1. The molecule has 0 saturated carbocycles. The number of fused-ring (bicyclic) bond motifs is 3. The van der Waals surface area contributed by atoms with Gasteiger partial charge in [0.1, 0.15) is 5.15 Å². The Morgan fingerprint density at radius 1 is 0.853 bits per heavy atom. The van der Waals surface area contributed by atoms with Gasteiger partial charge in [-0.05, 0) is 37.6 Å². The number of hydrogen-bond acceptors (Lipinski definition) is 4. The molecule has 0 aliphatic carbocycles. The molecule has 1 amide bonds. The van der Waals surface area contributed by atoms with Crippen molar-refractivity contribution in [2.45, 2.75) is 25.8 Å². The first-order valence-corrected chi connectivity index (χ1v) is 12.9. The van der Waals surface area contributed by atoms with Crippen LogP contribution in [-0.2, 0) is 6.54 Å². The number of carbonyl (C=O) groups is 1. The highest BCUT2D eigenvalue weighted by molar-refractivity contribution is 6.43. The molecule has 0 N–H and O–H groups in total. The first-order chi connectivity index (χ1) is 16.5. The molecule has 2 aliphatic heterocycles. The predicted octanol–water partition coefficient (Wildman–Crippen LogP) is 6.14. The number of aromatic nitrogens is 1. The summed E-state index contributed by atoms with van der Waals surface area (Å²) in [6, 6.07) is 13.5. The Morgan fingerprint density at radius 3 is 2.44 bits per heavy atom. The molecule has 1 saturated heterocycles. The van der Waals surface area contributed by atoms with Gasteiger partial charge in [-0.1, -0.05) is 65.5 Å². The molecule has 2 aromatic carbocycles. The summed E-state index contributed by atoms with van der Waals surface area (Å²) in [6.45, 7) is 6.30. The smallest absolute Gasteiger partial charge is 0.255 e. The number of nitrogens with zero attached hydrogens (tertiary/aromatic N) is 4. The Kier molecular flexibility index (Phi) is 7.16. The predicted molar refractivity (Wildman–Crippen MR) is 140 cm³/mol. The maximum Gasteiger partial charge on any atom is 0.255 e. The maximum absolute atomic E-state index is 13.1. The summed E-state index contributed by atoms with van der Waals surface area (Å²) in [5.41, 5.74) is 3.39. The largest absolute Gasteiger partial charge is 0.368 e. The van der Waals surface area contributed by atoms with E-state index in [-0.39, 0.29) is 5.91 Å². The molecule has 0 bridgehead atoms. The molecule has 1 aromatic heterocycles. The lowest BCUT2D eigenvalue weighted by atomic mass is 10.1. The highest BCUT2D eigenvalue weighted by Gasteiger charge is 2.31. The minimum atomic E-state index is 0.0753. The van der Waals surface area contributed by atoms with Crippen LogP contribution in [0.2, 0.25) is 15.2 Å². The van der Waals surface area contributed by atoms with Crippen molar-refractivity contribution >= 4 is 57.3 Å². The lowest BCUT2D eigenvalue weighted by molar-refractivity contribution is 0.0776. The molecule has 5 rings (SSSR count). The zero-order valence-corrected chi connectivity index (χ0v) is 21.2. The minimum Gasteiger partial charge on any atom is -0.368 e. The highest BCUT2D eigenvalue weighted by Crippen LogP contribution is 2.34. The van der Waals surface area contributed by atoms with Gasteiger partial charge in [0.05, 0.1) is 26.8 Å². The van der Waals surface area contributed by atoms with Gasteiger partial charge >= 0.3 is 0 Å². The third kappa shape index (κ3) is 4.72. The van der Waals surface area contributed by atoms with E-state index >= 15 is 0 Å². The molecule has 5 nitrogen and oxygen atoms in total. The SMILES string of the molecule is O=C1c2c(c(Cl)nc3ccccc23)CN1CCCCCN1CCN(c2cccc(Cl)c2Cl)CC1. The summed E-state index contributed by atoms with van der Waals surface area (Å²) in [5, 5.41) is 2.59. The van der Waals surface area contributed by atoms with E-state index in [1.54, 1.807) is 0 Å². The van der Waals surface area contributed by atoms with Gasteiger partial charge in [-0.3, -0.25) is 9.69 Å². The zero-order valence-electron chi connectivity index (χ0n) is 18.9. The van der Waals surface area contributed by atoms with Gasteiger partial charge in [0.2, 0.25) is 0 Å². The van der Waals surface area contributed by atoms with E-state index in [0.717, 1.165) is 86.2 Å². The molecule has 0 radical (unpaired) electrons. The van der Waals surface area contributed by atoms with Gasteiger partial charge in [0.25, 0.3) is 5.91 Å². The van der Waals surface area contributed by atoms with Crippen molar-refractivity contribution in [3.05, 3.63) is 68.8 Å². The van der Waals surface area contributed by atoms with E-state index in [4.69, 9.17) is 34.8 Å². The van der Waals surface area contributed by atoms with Crippen LogP contribution in [0.5, 0.6) is 0 Å². The van der Waals surface area contributed by atoms with Crippen molar-refractivity contribution in [3.8, 4) is 0 Å². The minimum absolute atomic E-state index is 0.0753. The van der Waals surface area contributed by atoms with Crippen molar-refractivity contribution in [1.29, 1.82) is 0 Å². The van der Waals surface area contributed by atoms with Gasteiger partial charge in [-0.25, -0.2) is 4.98 Å². The second kappa shape index (κ2) is 10.3. The van der Waals surface area contributed by atoms with E-state index in [1.165, 1.54) is 0 Å². The van der Waals surface area contributed by atoms with Crippen molar-refractivity contribution in [2.24, 2.45) is 0 Å². The number of carbonyl (C=O) groups excluding carboxylic acids is 1. The van der Waals surface area contributed by atoms with E-state index in [0.29, 0.717) is 21.7 Å². The summed E-state index contributed by atoms with van der Waals surface area (Å²) in [7, 11) is 0. The topological polar surface area (TPSA) is 39.7 Å². The van der Waals surface area contributed by atoms with Crippen LogP contribution >= 0.6 is 34.8 Å². The number of pyridine rings is 1. The van der Waals surface area contributed by atoms with Gasteiger partial charge in [-0.2, -0.15) is 0 Å². The number of halogens is 3. The van der Waals surface area contributed by atoms with Gasteiger partial charge < -0.3 is 9.80 Å². The summed E-state index contributed by atoms with van der Waals surface area (Å²) >= 11 is 19.0. The van der Waals surface area contributed by atoms with Gasteiger partial charge in [0, 0.05) is 50.2 Å². The van der Waals surface area contributed by atoms with Crippen LogP contribution in [0.4, 0.5) is 5.69 Å². The van der Waals surface area contributed by atoms with E-state index < -0.39 is 0 Å². The molecule has 34 heavy (non-hydrogen) atoms. The molecular formula is C26H27Cl3N4O. The lowest BCUT2D eigenvalue weighted by Gasteiger charge is -2.36. The molecule has 3 heterocycles. The van der Waals surface area contributed by atoms with Crippen molar-refractivity contribution in [1.82, 2.24) is 14.8 Å². The molecule has 0 spiro atoms. The molecule has 178 valence electrons. The highest BCUT2D eigenvalue weighted by atomic mass is 35.5. The molecule has 1 fully saturated rings. The van der Waals surface area contributed by atoms with Gasteiger partial charge in [-0.15, -0.1) is 0 Å². The fourth-order valence-corrected chi connectivity index (χ4v) is 5.64. The molecule has 0 atom stereocenters. The molecule has 0 unspecified atom stereocenters. The zero-order chi connectivity index (χ0) is 23.7. The Morgan fingerprint density at radius 2 is 1.62 bits per heavy atom. The number of anilines is 1. The van der Waals surface area contributed by atoms with Crippen LogP contribution in [0.25, 0.3) is 10.9 Å². The normalized spacial score (nSPS) is 16.5. The fourth-order valence-electron chi connectivity index (χ4n) is 4.98. The van der Waals surface area contributed by atoms with E-state index in [2.05, 4.69) is 14.8 Å². The quantitative estimate of drug-likeness (QED) is 0.279. The number of hydrogen-bond donors (Lipinski definition) is 0. The average molecular weight is 518 g/mol. The summed E-state index contributed by atoms with van der Waals surface area (Å²) in [5.74, 6) is 0.0753. The van der Waals surface area contributed by atoms with Crippen LogP contribution in [0, 0.1) is 0 Å². The molecule has 3 aromatic rings. The van der Waals surface area contributed by atoms with Crippen LogP contribution in [0.15, 0.2) is 42.5 Å². The second-order valence-corrected chi connectivity index (χ2v) is 10.1. The Bertz CT molecular complexity index is 1210. The lowest BCUT2D eigenvalue weighted by Crippen LogP contribution is -2.46. The second-order valence-electron chi connectivity index (χ2n) is 8.96. The fraction of sp³-hybridized carbons (Fsp3) is 0.385. The number of unbranched alkanes of at least 4 members (excludes halogenated alkanes) is 2. The van der Waals surface area contributed by atoms with Crippen molar-refractivity contribution in [3.63, 3.8) is 0 Å². The van der Waals surface area contributed by atoms with Crippen LogP contribution in [-0.4, -0.2) is 60.0 Å². The number of amides is 1. The molecular weight excluding hydrogens is 491 g/mol. The van der Waals surface area contributed by atoms with Crippen LogP contribution in [0.3, 0.4) is 0 Å². The Hall–Kier alpha value is -2.05. The monoisotopic (exact) mass is 516 g/mol. The van der Waals surface area contributed by atoms with E-state index in [1.807, 2.05) is 47.4 Å². The number of piperazine rings is 1. The molecule has 2 aliphatic rings. The van der Waals surface area contributed by atoms with Crippen molar-refractivity contribution in [2.75, 3.05) is 44.2 Å². The summed E-state index contributed by atoms with van der Waals surface area (Å²) < 4.78 is 0. The number of benzene rings is 2. The van der Waals surface area contributed by atoms with Crippen LogP contribution < -0.4 is 4.90 Å². The standard InChI is InChI=1S/C26H27Cl3N4O/c27-20-8-6-10-22(24(20)28)32-15-13-31(14-16-32)11-4-1-5-12-33-17-19-23(26(33)34)18-7-2-3-9-21(18)30-25(19)29/h2-3,6-10H,1,4-5,11-17H2. The Labute approximate surface area is 215 Å². The summed E-state index contributed by atoms with van der Waals surface area (Å²) in [6.07, 6.45) is 3.20. The van der Waals surface area contributed by atoms with Crippen molar-refractivity contribution < 1.29 is 4.79 Å². The van der Waals surface area contributed by atoms with Gasteiger partial charge in [0.15, 0.2) is 0 Å². The third-order valence-corrected chi connectivity index (χ3v) is 7.96. The number of rotatable bonds is 7. The van der Waals surface area contributed by atoms with E-state index in [9.17, 15) is 4.79 Å². The van der Waals surface area contributed by atoms with Crippen LogP contribution in [0.1, 0.15) is 35.2 Å². The third-order valence-electron chi connectivity index (χ3n) is 6.84. The number of para-hydroxylation sites is 1. The first kappa shape index (κ1) is 23.7.